The Labute approximate surface area is 115 Å². The van der Waals surface area contributed by atoms with Crippen molar-refractivity contribution in [3.8, 4) is 0 Å². The molecule has 5 nitrogen and oxygen atoms in total. The number of nitrogens with two attached hydrogens (primary N) is 1. The van der Waals surface area contributed by atoms with Gasteiger partial charge in [0.05, 0.1) is 6.04 Å². The number of nitrogens with zero attached hydrogens (tertiary/aromatic N) is 1. The summed E-state index contributed by atoms with van der Waals surface area (Å²) in [5.41, 5.74) is 5.58. The molecule has 0 aromatic rings. The van der Waals surface area contributed by atoms with Crippen LogP contribution < -0.4 is 11.1 Å². The molecule has 2 amide bonds. The molecule has 3 N–H and O–H groups in total. The molecule has 1 fully saturated rings. The molecule has 1 atom stereocenters. The van der Waals surface area contributed by atoms with Gasteiger partial charge in [0.25, 0.3) is 0 Å². The second-order valence-electron chi connectivity index (χ2n) is 6.33. The van der Waals surface area contributed by atoms with E-state index in [0.29, 0.717) is 13.0 Å². The van der Waals surface area contributed by atoms with Crippen molar-refractivity contribution in [2.24, 2.45) is 11.1 Å². The van der Waals surface area contributed by atoms with Gasteiger partial charge in [-0.1, -0.05) is 20.8 Å². The van der Waals surface area contributed by atoms with Crippen molar-refractivity contribution >= 4 is 11.8 Å². The van der Waals surface area contributed by atoms with Crippen LogP contribution in [0.4, 0.5) is 0 Å². The summed E-state index contributed by atoms with van der Waals surface area (Å²) in [4.78, 5) is 25.6. The maximum Gasteiger partial charge on any atom is 0.237 e. The summed E-state index contributed by atoms with van der Waals surface area (Å²) in [5, 5.41) is 2.75. The number of hydrogen-bond acceptors (Lipinski definition) is 3. The van der Waals surface area contributed by atoms with Crippen LogP contribution in [0.25, 0.3) is 0 Å². The van der Waals surface area contributed by atoms with Crippen molar-refractivity contribution in [2.45, 2.75) is 52.5 Å². The normalized spacial score (nSPS) is 18.0. The topological polar surface area (TPSA) is 75.4 Å². The molecule has 0 aromatic heterocycles. The first kappa shape index (κ1) is 16.0. The molecule has 5 heteroatoms. The van der Waals surface area contributed by atoms with E-state index in [1.807, 2.05) is 25.7 Å². The monoisotopic (exact) mass is 269 g/mol. The summed E-state index contributed by atoms with van der Waals surface area (Å²) in [5.74, 6) is -0.0525. The highest BCUT2D eigenvalue weighted by Crippen LogP contribution is 2.17. The van der Waals surface area contributed by atoms with E-state index in [9.17, 15) is 9.59 Å². The van der Waals surface area contributed by atoms with Crippen LogP contribution in [0.2, 0.25) is 0 Å². The lowest BCUT2D eigenvalue weighted by Crippen LogP contribution is -2.49. The number of carbonyl (C=O) groups is 2. The third kappa shape index (κ3) is 5.19. The third-order valence-corrected chi connectivity index (χ3v) is 3.56. The zero-order valence-electron chi connectivity index (χ0n) is 12.4. The molecule has 0 unspecified atom stereocenters. The Morgan fingerprint density at radius 1 is 1.21 bits per heavy atom. The number of hydrogen-bond donors (Lipinski definition) is 2. The van der Waals surface area contributed by atoms with Crippen molar-refractivity contribution in [3.05, 3.63) is 0 Å². The Morgan fingerprint density at radius 3 is 2.32 bits per heavy atom. The van der Waals surface area contributed by atoms with E-state index in [-0.39, 0.29) is 17.2 Å². The van der Waals surface area contributed by atoms with Crippen LogP contribution in [0.15, 0.2) is 0 Å². The van der Waals surface area contributed by atoms with Gasteiger partial charge >= 0.3 is 0 Å². The highest BCUT2D eigenvalue weighted by Gasteiger charge is 2.27. The molecule has 1 aliphatic heterocycles. The molecule has 0 bridgehead atoms. The number of amides is 2. The summed E-state index contributed by atoms with van der Waals surface area (Å²) >= 11 is 0. The van der Waals surface area contributed by atoms with Gasteiger partial charge in [-0.05, 0) is 24.7 Å². The third-order valence-electron chi connectivity index (χ3n) is 3.56. The zero-order chi connectivity index (χ0) is 14.5. The minimum Gasteiger partial charge on any atom is -0.354 e. The second kappa shape index (κ2) is 6.89. The summed E-state index contributed by atoms with van der Waals surface area (Å²) in [6.07, 6.45) is 3.75. The lowest BCUT2D eigenvalue weighted by Gasteiger charge is -2.27. The SMILES string of the molecule is CC(C)(C)[C@H](N)C(=O)NCCC(=O)N1CCCCC1. The molecule has 1 rings (SSSR count). The number of piperidine rings is 1. The van der Waals surface area contributed by atoms with E-state index < -0.39 is 6.04 Å². The fourth-order valence-corrected chi connectivity index (χ4v) is 2.10. The van der Waals surface area contributed by atoms with Crippen molar-refractivity contribution in [1.29, 1.82) is 0 Å². The van der Waals surface area contributed by atoms with E-state index in [2.05, 4.69) is 5.32 Å². The number of nitrogens with one attached hydrogen (secondary N) is 1. The van der Waals surface area contributed by atoms with E-state index in [0.717, 1.165) is 25.9 Å². The van der Waals surface area contributed by atoms with Gasteiger partial charge in [0.2, 0.25) is 11.8 Å². The van der Waals surface area contributed by atoms with Gasteiger partial charge < -0.3 is 16.0 Å². The van der Waals surface area contributed by atoms with Crippen molar-refractivity contribution in [3.63, 3.8) is 0 Å². The first-order valence-electron chi connectivity index (χ1n) is 7.13. The van der Waals surface area contributed by atoms with Crippen LogP contribution in [0.1, 0.15) is 46.5 Å². The standard InChI is InChI=1S/C14H27N3O2/c1-14(2,3)12(15)13(19)16-8-7-11(18)17-9-5-4-6-10-17/h12H,4-10,15H2,1-3H3,(H,16,19)/t12-/m1/s1. The van der Waals surface area contributed by atoms with Gasteiger partial charge in [0.1, 0.15) is 0 Å². The average Bonchev–Trinajstić information content (AvgIpc) is 2.37. The summed E-state index contributed by atoms with van der Waals surface area (Å²) in [6.45, 7) is 7.86. The Morgan fingerprint density at radius 2 is 1.79 bits per heavy atom. The Hall–Kier alpha value is -1.10. The fraction of sp³-hybridized carbons (Fsp3) is 0.857. The molecule has 0 aliphatic carbocycles. The minimum atomic E-state index is -0.544. The van der Waals surface area contributed by atoms with Crippen LogP contribution in [-0.2, 0) is 9.59 Å². The quantitative estimate of drug-likeness (QED) is 0.795. The van der Waals surface area contributed by atoms with Crippen LogP contribution >= 0.6 is 0 Å². The Balaban J connectivity index is 2.26. The van der Waals surface area contributed by atoms with Crippen molar-refractivity contribution < 1.29 is 9.59 Å². The smallest absolute Gasteiger partial charge is 0.237 e. The van der Waals surface area contributed by atoms with Gasteiger partial charge in [0.15, 0.2) is 0 Å². The maximum absolute atomic E-state index is 11.9. The fourth-order valence-electron chi connectivity index (χ4n) is 2.10. The van der Waals surface area contributed by atoms with Crippen LogP contribution in [0.5, 0.6) is 0 Å². The van der Waals surface area contributed by atoms with E-state index in [1.54, 1.807) is 0 Å². The number of carbonyl (C=O) groups excluding carboxylic acids is 2. The molecule has 1 aliphatic rings. The first-order chi connectivity index (χ1) is 8.82. The van der Waals surface area contributed by atoms with Gasteiger partial charge in [-0.3, -0.25) is 9.59 Å². The summed E-state index contributed by atoms with van der Waals surface area (Å²) < 4.78 is 0. The summed E-state index contributed by atoms with van der Waals surface area (Å²) in [6, 6.07) is -0.544. The average molecular weight is 269 g/mol. The van der Waals surface area contributed by atoms with Gasteiger partial charge in [-0.25, -0.2) is 0 Å². The second-order valence-corrected chi connectivity index (χ2v) is 6.33. The van der Waals surface area contributed by atoms with E-state index >= 15 is 0 Å². The van der Waals surface area contributed by atoms with Crippen molar-refractivity contribution in [2.75, 3.05) is 19.6 Å². The van der Waals surface area contributed by atoms with Gasteiger partial charge in [-0.2, -0.15) is 0 Å². The zero-order valence-corrected chi connectivity index (χ0v) is 12.4. The lowest BCUT2D eigenvalue weighted by atomic mass is 9.87. The largest absolute Gasteiger partial charge is 0.354 e. The molecular weight excluding hydrogens is 242 g/mol. The van der Waals surface area contributed by atoms with Gasteiger partial charge in [0, 0.05) is 26.1 Å². The minimum absolute atomic E-state index is 0.129. The molecule has 0 aromatic carbocycles. The van der Waals surface area contributed by atoms with Crippen molar-refractivity contribution in [1.82, 2.24) is 10.2 Å². The molecule has 0 radical (unpaired) electrons. The predicted molar refractivity (Wildman–Crippen MR) is 75.5 cm³/mol. The maximum atomic E-state index is 11.9. The van der Waals surface area contributed by atoms with E-state index in [4.69, 9.17) is 5.73 Å². The lowest BCUT2D eigenvalue weighted by molar-refractivity contribution is -0.132. The highest BCUT2D eigenvalue weighted by atomic mass is 16.2. The van der Waals surface area contributed by atoms with E-state index in [1.165, 1.54) is 6.42 Å². The Kier molecular flexibility index (Phi) is 5.79. The molecule has 110 valence electrons. The van der Waals surface area contributed by atoms with Crippen LogP contribution in [0.3, 0.4) is 0 Å². The van der Waals surface area contributed by atoms with Crippen LogP contribution in [-0.4, -0.2) is 42.4 Å². The molecule has 1 heterocycles. The molecule has 1 saturated heterocycles. The number of likely N-dealkylation sites (tertiary alicyclic amines) is 1. The molecule has 0 spiro atoms. The molecule has 19 heavy (non-hydrogen) atoms. The summed E-state index contributed by atoms with van der Waals surface area (Å²) in [7, 11) is 0. The predicted octanol–water partition coefficient (Wildman–Crippen LogP) is 0.879. The number of rotatable bonds is 4. The molecular formula is C14H27N3O2. The van der Waals surface area contributed by atoms with Crippen LogP contribution in [0, 0.1) is 5.41 Å². The first-order valence-corrected chi connectivity index (χ1v) is 7.13. The highest BCUT2D eigenvalue weighted by molar-refractivity contribution is 5.83. The molecule has 0 saturated carbocycles. The van der Waals surface area contributed by atoms with Gasteiger partial charge in [-0.15, -0.1) is 0 Å². The Bertz CT molecular complexity index is 317.